The molecule has 0 radical (unpaired) electrons. The van der Waals surface area contributed by atoms with Crippen molar-refractivity contribution >= 4 is 5.57 Å². The van der Waals surface area contributed by atoms with Gasteiger partial charge >= 0.3 is 0 Å². The Morgan fingerprint density at radius 1 is 1.32 bits per heavy atom. The molecule has 1 fully saturated rings. The minimum atomic E-state index is -0.238. The predicted octanol–water partition coefficient (Wildman–Crippen LogP) is 7.56. The molecule has 0 spiro atoms. The highest BCUT2D eigenvalue weighted by molar-refractivity contribution is 5.73. The lowest BCUT2D eigenvalue weighted by atomic mass is 9.72. The Labute approximate surface area is 187 Å². The smallest absolute Gasteiger partial charge is 0.126 e. The maximum atomic E-state index is 14.0. The van der Waals surface area contributed by atoms with Crippen LogP contribution in [0.2, 0.25) is 0 Å². The van der Waals surface area contributed by atoms with Crippen molar-refractivity contribution in [2.75, 3.05) is 0 Å². The molecule has 1 aromatic heterocycles. The van der Waals surface area contributed by atoms with Crippen LogP contribution in [0.1, 0.15) is 81.7 Å². The van der Waals surface area contributed by atoms with Crippen LogP contribution in [-0.4, -0.2) is 4.98 Å². The Morgan fingerprint density at radius 3 is 2.68 bits per heavy atom. The molecule has 1 aromatic carbocycles. The Balaban J connectivity index is 1.94. The molecule has 1 unspecified atom stereocenters. The minimum Gasteiger partial charge on any atom is -0.384 e. The highest BCUT2D eigenvalue weighted by Crippen LogP contribution is 2.50. The molecule has 0 saturated heterocycles. The number of allylic oxidation sites excluding steroid dienone is 2. The van der Waals surface area contributed by atoms with E-state index in [9.17, 15) is 4.39 Å². The van der Waals surface area contributed by atoms with E-state index in [-0.39, 0.29) is 11.2 Å². The first-order chi connectivity index (χ1) is 14.8. The summed E-state index contributed by atoms with van der Waals surface area (Å²) in [5.74, 6) is 0.963. The van der Waals surface area contributed by atoms with Crippen molar-refractivity contribution in [3.63, 3.8) is 0 Å². The topological polar surface area (TPSA) is 24.9 Å². The average Bonchev–Trinajstić information content (AvgIpc) is 3.56. The first-order valence-electron chi connectivity index (χ1n) is 11.6. The molecule has 0 aliphatic heterocycles. The number of halogens is 1. The third kappa shape index (κ3) is 5.44. The number of hydrogen-bond donors (Lipinski definition) is 1. The molecule has 0 bridgehead atoms. The lowest BCUT2D eigenvalue weighted by Crippen LogP contribution is -2.31. The van der Waals surface area contributed by atoms with E-state index in [1.807, 2.05) is 24.4 Å². The molecule has 2 nitrogen and oxygen atoms in total. The predicted molar refractivity (Wildman–Crippen MR) is 129 cm³/mol. The van der Waals surface area contributed by atoms with E-state index >= 15 is 0 Å². The third-order valence-electron chi connectivity index (χ3n) is 6.52. The first kappa shape index (κ1) is 23.2. The van der Waals surface area contributed by atoms with Crippen molar-refractivity contribution < 1.29 is 4.39 Å². The normalized spacial score (nSPS) is 16.3. The van der Waals surface area contributed by atoms with Crippen LogP contribution in [0, 0.1) is 24.1 Å². The number of rotatable bonds is 10. The van der Waals surface area contributed by atoms with Crippen molar-refractivity contribution in [1.29, 1.82) is 0 Å². The molecular formula is C28H37FN2. The van der Waals surface area contributed by atoms with Crippen molar-refractivity contribution in [1.82, 2.24) is 10.3 Å². The van der Waals surface area contributed by atoms with Gasteiger partial charge in [0, 0.05) is 23.9 Å². The van der Waals surface area contributed by atoms with E-state index in [0.717, 1.165) is 35.7 Å². The summed E-state index contributed by atoms with van der Waals surface area (Å²) in [6.07, 6.45) is 8.79. The molecule has 1 aliphatic rings. The van der Waals surface area contributed by atoms with Gasteiger partial charge in [-0.2, -0.15) is 0 Å². The monoisotopic (exact) mass is 420 g/mol. The molecule has 2 aromatic rings. The van der Waals surface area contributed by atoms with Gasteiger partial charge in [-0.05, 0) is 72.9 Å². The van der Waals surface area contributed by atoms with Crippen molar-refractivity contribution in [3.8, 4) is 0 Å². The van der Waals surface area contributed by atoms with E-state index in [2.05, 4.69) is 51.7 Å². The zero-order valence-electron chi connectivity index (χ0n) is 19.8. The number of hydrogen-bond acceptors (Lipinski definition) is 2. The number of nitrogens with one attached hydrogen (secondary N) is 1. The Bertz CT molecular complexity index is 955. The largest absolute Gasteiger partial charge is 0.384 e. The van der Waals surface area contributed by atoms with Crippen molar-refractivity contribution in [3.05, 3.63) is 83.1 Å². The van der Waals surface area contributed by atoms with Gasteiger partial charge < -0.3 is 5.32 Å². The van der Waals surface area contributed by atoms with Crippen LogP contribution in [0.5, 0.6) is 0 Å². The molecule has 1 heterocycles. The highest BCUT2D eigenvalue weighted by Gasteiger charge is 2.40. The van der Waals surface area contributed by atoms with Gasteiger partial charge in [-0.3, -0.25) is 4.98 Å². The van der Waals surface area contributed by atoms with E-state index < -0.39 is 0 Å². The highest BCUT2D eigenvalue weighted by atomic mass is 19.1. The van der Waals surface area contributed by atoms with E-state index in [0.29, 0.717) is 18.0 Å². The molecule has 3 heteroatoms. The lowest BCUT2D eigenvalue weighted by Gasteiger charge is -2.36. The second-order valence-corrected chi connectivity index (χ2v) is 9.52. The standard InChI is InChI=1S/C28H37FN2/c1-7-9-25(27-24(19(2)3)10-8-15-30-27)28(6,17-22-13-14-22)21(5)31-18-23-12-11-20(4)26(29)16-23/h8-12,15-16,19,22,31H,5,7,13-14,17-18H2,1-4,6H3/b25-9-. The summed E-state index contributed by atoms with van der Waals surface area (Å²) < 4.78 is 14.0. The maximum Gasteiger partial charge on any atom is 0.126 e. The lowest BCUT2D eigenvalue weighted by molar-refractivity contribution is 0.421. The molecule has 166 valence electrons. The van der Waals surface area contributed by atoms with Crippen LogP contribution in [0.15, 0.2) is 54.9 Å². The van der Waals surface area contributed by atoms with Gasteiger partial charge in [-0.1, -0.05) is 64.5 Å². The van der Waals surface area contributed by atoms with Gasteiger partial charge in [0.25, 0.3) is 0 Å². The van der Waals surface area contributed by atoms with Crippen molar-refractivity contribution in [2.24, 2.45) is 11.3 Å². The summed E-state index contributed by atoms with van der Waals surface area (Å²) in [5, 5.41) is 3.55. The zero-order chi connectivity index (χ0) is 22.6. The second-order valence-electron chi connectivity index (χ2n) is 9.52. The molecule has 1 atom stereocenters. The van der Waals surface area contributed by atoms with Gasteiger partial charge in [-0.25, -0.2) is 4.39 Å². The Kier molecular flexibility index (Phi) is 7.35. The zero-order valence-corrected chi connectivity index (χ0v) is 19.8. The van der Waals surface area contributed by atoms with E-state index in [1.54, 1.807) is 13.0 Å². The third-order valence-corrected chi connectivity index (χ3v) is 6.52. The summed E-state index contributed by atoms with van der Waals surface area (Å²) in [5.41, 5.74) is 5.98. The fourth-order valence-corrected chi connectivity index (χ4v) is 4.34. The number of benzene rings is 1. The molecule has 3 rings (SSSR count). The quantitative estimate of drug-likeness (QED) is 0.429. The van der Waals surface area contributed by atoms with E-state index in [4.69, 9.17) is 4.98 Å². The Morgan fingerprint density at radius 2 is 2.06 bits per heavy atom. The molecule has 0 amide bonds. The summed E-state index contributed by atoms with van der Waals surface area (Å²) in [6.45, 7) is 15.8. The second kappa shape index (κ2) is 9.80. The molecule has 1 N–H and O–H groups in total. The SMILES string of the molecule is C=C(NCc1ccc(C)c(F)c1)C(C)(CC1CC1)/C(=C\CC)c1ncccc1C(C)C. The number of aryl methyl sites for hydroxylation is 1. The minimum absolute atomic E-state index is 0.160. The fraction of sp³-hybridized carbons (Fsp3) is 0.464. The van der Waals surface area contributed by atoms with Crippen molar-refractivity contribution in [2.45, 2.75) is 72.8 Å². The fourth-order valence-electron chi connectivity index (χ4n) is 4.34. The van der Waals surface area contributed by atoms with Gasteiger partial charge in [0.05, 0.1) is 5.69 Å². The van der Waals surface area contributed by atoms with Crippen LogP contribution in [-0.2, 0) is 6.54 Å². The summed E-state index contributed by atoms with van der Waals surface area (Å²) in [4.78, 5) is 4.85. The molecule has 1 saturated carbocycles. The number of pyridine rings is 1. The van der Waals surface area contributed by atoms with Crippen LogP contribution in [0.3, 0.4) is 0 Å². The molecule has 31 heavy (non-hydrogen) atoms. The van der Waals surface area contributed by atoms with Crippen LogP contribution in [0.4, 0.5) is 4.39 Å². The molecule has 1 aliphatic carbocycles. The van der Waals surface area contributed by atoms with Gasteiger partial charge in [0.2, 0.25) is 0 Å². The van der Waals surface area contributed by atoms with Crippen LogP contribution < -0.4 is 5.32 Å². The van der Waals surface area contributed by atoms with E-state index in [1.165, 1.54) is 24.0 Å². The van der Waals surface area contributed by atoms with Gasteiger partial charge in [0.1, 0.15) is 5.82 Å². The summed E-state index contributed by atoms with van der Waals surface area (Å²) in [7, 11) is 0. The van der Waals surface area contributed by atoms with Crippen LogP contribution >= 0.6 is 0 Å². The first-order valence-corrected chi connectivity index (χ1v) is 11.6. The summed E-state index contributed by atoms with van der Waals surface area (Å²) in [6, 6.07) is 9.66. The molecular weight excluding hydrogens is 383 g/mol. The van der Waals surface area contributed by atoms with Gasteiger partial charge in [-0.15, -0.1) is 0 Å². The maximum absolute atomic E-state index is 14.0. The van der Waals surface area contributed by atoms with Crippen LogP contribution in [0.25, 0.3) is 5.57 Å². The number of nitrogens with zero attached hydrogens (tertiary/aromatic N) is 1. The Hall–Kier alpha value is -2.42. The summed E-state index contributed by atoms with van der Waals surface area (Å²) >= 11 is 0. The average molecular weight is 421 g/mol. The van der Waals surface area contributed by atoms with Gasteiger partial charge in [0.15, 0.2) is 0 Å². The number of aromatic nitrogens is 1.